The van der Waals surface area contributed by atoms with Crippen molar-refractivity contribution in [3.63, 3.8) is 0 Å². The van der Waals surface area contributed by atoms with Crippen LogP contribution in [0.15, 0.2) is 180 Å². The maximum atomic E-state index is 9.21. The Hall–Kier alpha value is -6.65. The molecule has 0 unspecified atom stereocenters. The van der Waals surface area contributed by atoms with E-state index in [-0.39, 0.29) is 33.8 Å². The molecule has 0 radical (unpaired) electrons. The second-order valence-corrected chi connectivity index (χ2v) is 10.9. The van der Waals surface area contributed by atoms with E-state index in [1.54, 1.807) is 24.3 Å². The largest absolute Gasteiger partial charge is 0.456 e. The zero-order chi connectivity index (χ0) is 45.6. The molecule has 4 nitrogen and oxygen atoms in total. The van der Waals surface area contributed by atoms with Crippen LogP contribution in [0.3, 0.4) is 0 Å². The van der Waals surface area contributed by atoms with E-state index in [9.17, 15) is 8.22 Å². The number of rotatable bonds is 6. The van der Waals surface area contributed by atoms with Crippen molar-refractivity contribution >= 4 is 21.9 Å². The number of fused-ring (bicyclic) bond motifs is 3. The van der Waals surface area contributed by atoms with Gasteiger partial charge in [0.15, 0.2) is 17.5 Å². The van der Waals surface area contributed by atoms with Gasteiger partial charge in [0.05, 0.1) is 20.6 Å². The van der Waals surface area contributed by atoms with Gasteiger partial charge in [0, 0.05) is 27.5 Å². The fourth-order valence-electron chi connectivity index (χ4n) is 5.43. The molecule has 0 saturated heterocycles. The maximum Gasteiger partial charge on any atom is 0.164 e. The van der Waals surface area contributed by atoms with Crippen LogP contribution in [0.25, 0.3) is 89.5 Å². The summed E-state index contributed by atoms with van der Waals surface area (Å²) in [5, 5.41) is -0.593. The quantitative estimate of drug-likeness (QED) is 0.181. The van der Waals surface area contributed by atoms with Crippen molar-refractivity contribution in [1.29, 1.82) is 0 Å². The second-order valence-electron chi connectivity index (χ2n) is 10.9. The predicted octanol–water partition coefficient (Wildman–Crippen LogP) is 11.8. The van der Waals surface area contributed by atoms with E-state index in [4.69, 9.17) is 21.7 Å². The number of aromatic nitrogens is 3. The maximum absolute atomic E-state index is 9.21. The highest BCUT2D eigenvalue weighted by Crippen LogP contribution is 2.37. The van der Waals surface area contributed by atoms with Crippen molar-refractivity contribution < 1.29 is 25.0 Å². The number of benzene rings is 7. The smallest absolute Gasteiger partial charge is 0.164 e. The number of hydrogen-bond acceptors (Lipinski definition) is 4. The number of nitrogens with zero attached hydrogens (tertiary/aromatic N) is 3. The number of para-hydroxylation sites is 1. The van der Waals surface area contributed by atoms with Gasteiger partial charge in [-0.3, -0.25) is 0 Å². The molecule has 49 heavy (non-hydrogen) atoms. The minimum atomic E-state index is -0.832. The molecule has 0 atom stereocenters. The molecule has 2 heterocycles. The first-order valence-corrected chi connectivity index (χ1v) is 15.1. The van der Waals surface area contributed by atoms with E-state index < -0.39 is 124 Å². The van der Waals surface area contributed by atoms with E-state index in [2.05, 4.69) is 9.97 Å². The van der Waals surface area contributed by atoms with Gasteiger partial charge in [-0.05, 0) is 45.5 Å². The summed E-state index contributed by atoms with van der Waals surface area (Å²) in [7, 11) is 0. The van der Waals surface area contributed by atoms with Crippen molar-refractivity contribution in [2.45, 2.75) is 0 Å². The molecule has 0 aliphatic carbocycles. The standard InChI is InChI=1S/C45H29N3O/c1-3-10-30(11-4-1)31-20-26-36(27-21-31)44-46-43(35-12-5-2-6-13-35)47-45(48-44)37-28-22-33(23-29-37)32-18-24-34(25-19-32)38-15-9-17-41-42(38)39-14-7-8-16-40(39)49-41/h1-29H/i7D,8D,9D,14D,15D,16D,17D,18D,19D,22D,23D,24D,25D,28D,29D. The van der Waals surface area contributed by atoms with Crippen LogP contribution in [0.2, 0.25) is 0 Å². The predicted molar refractivity (Wildman–Crippen MR) is 200 cm³/mol. The van der Waals surface area contributed by atoms with Gasteiger partial charge in [-0.1, -0.05) is 163 Å². The van der Waals surface area contributed by atoms with Gasteiger partial charge >= 0.3 is 0 Å². The average molecular weight is 643 g/mol. The fraction of sp³-hybridized carbons (Fsp3) is 0. The second kappa shape index (κ2) is 12.2. The SMILES string of the molecule is [2H]c1c([2H])c(-c2c([2H])c([2H])c(-c3c([2H])c([2H])c([2H])c4oc5c([2H])c([2H])c([2H])c([2H])c5c34)c([2H])c2[2H])c([2H])c([2H])c1-c1nc(-c2ccccc2)nc(-c2ccc(-c3ccccc3)cc2)n1. The van der Waals surface area contributed by atoms with E-state index in [0.29, 0.717) is 11.1 Å². The zero-order valence-electron chi connectivity index (χ0n) is 40.3. The Morgan fingerprint density at radius 2 is 0.837 bits per heavy atom. The molecule has 2 aromatic heterocycles. The molecule has 9 rings (SSSR count). The first-order valence-electron chi connectivity index (χ1n) is 22.6. The van der Waals surface area contributed by atoms with Crippen molar-refractivity contribution in [3.8, 4) is 67.5 Å². The highest BCUT2D eigenvalue weighted by molar-refractivity contribution is 6.12. The third-order valence-electron chi connectivity index (χ3n) is 7.84. The molecule has 0 saturated carbocycles. The van der Waals surface area contributed by atoms with Gasteiger partial charge in [-0.25, -0.2) is 15.0 Å². The van der Waals surface area contributed by atoms with Crippen molar-refractivity contribution in [1.82, 2.24) is 15.0 Å². The Morgan fingerprint density at radius 3 is 1.49 bits per heavy atom. The van der Waals surface area contributed by atoms with Gasteiger partial charge in [0.25, 0.3) is 0 Å². The molecule has 0 amide bonds. The summed E-state index contributed by atoms with van der Waals surface area (Å²) in [5.74, 6) is 0.162. The summed E-state index contributed by atoms with van der Waals surface area (Å²) in [6, 6.07) is 15.3. The molecule has 0 bridgehead atoms. The van der Waals surface area contributed by atoms with Crippen LogP contribution in [0, 0.1) is 0 Å². The van der Waals surface area contributed by atoms with Crippen LogP contribution >= 0.6 is 0 Å². The van der Waals surface area contributed by atoms with Crippen molar-refractivity contribution in [2.24, 2.45) is 0 Å². The highest BCUT2D eigenvalue weighted by Gasteiger charge is 2.14. The lowest BCUT2D eigenvalue weighted by Crippen LogP contribution is -2.00. The first-order chi connectivity index (χ1) is 30.5. The van der Waals surface area contributed by atoms with Crippen LogP contribution in [-0.4, -0.2) is 15.0 Å². The molecule has 9 aromatic rings. The lowest BCUT2D eigenvalue weighted by atomic mass is 9.96. The summed E-state index contributed by atoms with van der Waals surface area (Å²) >= 11 is 0. The summed E-state index contributed by atoms with van der Waals surface area (Å²) in [6.45, 7) is 0. The molecule has 0 fully saturated rings. The molecule has 0 N–H and O–H groups in total. The molecule has 230 valence electrons. The third-order valence-corrected chi connectivity index (χ3v) is 7.84. The Labute approximate surface area is 305 Å². The zero-order valence-corrected chi connectivity index (χ0v) is 25.3. The first kappa shape index (κ1) is 17.0. The highest BCUT2D eigenvalue weighted by atomic mass is 16.3. The normalized spacial score (nSPS) is 15.6. The Bertz CT molecular complexity index is 3380. The van der Waals surface area contributed by atoms with Gasteiger partial charge in [-0.15, -0.1) is 0 Å². The van der Waals surface area contributed by atoms with Crippen LogP contribution < -0.4 is 0 Å². The lowest BCUT2D eigenvalue weighted by molar-refractivity contribution is 0.669. The molecule has 0 aliphatic rings. The summed E-state index contributed by atoms with van der Waals surface area (Å²) in [5.41, 5.74) is -0.296. The summed E-state index contributed by atoms with van der Waals surface area (Å²) in [4.78, 5) is 13.9. The van der Waals surface area contributed by atoms with Crippen LogP contribution in [0.5, 0.6) is 0 Å². The Morgan fingerprint density at radius 1 is 0.367 bits per heavy atom. The average Bonchev–Trinajstić information content (AvgIpc) is 3.71. The third kappa shape index (κ3) is 5.45. The number of furan rings is 1. The lowest BCUT2D eigenvalue weighted by Gasteiger charge is -2.10. The minimum absolute atomic E-state index is 0.178. The molecule has 0 spiro atoms. The van der Waals surface area contributed by atoms with Crippen LogP contribution in [-0.2, 0) is 0 Å². The summed E-state index contributed by atoms with van der Waals surface area (Å²) < 4.78 is 139. The van der Waals surface area contributed by atoms with Crippen LogP contribution in [0.4, 0.5) is 0 Å². The van der Waals surface area contributed by atoms with Crippen molar-refractivity contribution in [2.75, 3.05) is 0 Å². The van der Waals surface area contributed by atoms with E-state index >= 15 is 0 Å². The van der Waals surface area contributed by atoms with E-state index in [0.717, 1.165) is 11.1 Å². The van der Waals surface area contributed by atoms with Gasteiger partial charge in [0.2, 0.25) is 0 Å². The topological polar surface area (TPSA) is 51.8 Å². The monoisotopic (exact) mass is 642 g/mol. The Balaban J connectivity index is 1.24. The van der Waals surface area contributed by atoms with Crippen LogP contribution in [0.1, 0.15) is 20.6 Å². The molecule has 4 heteroatoms. The van der Waals surface area contributed by atoms with Crippen molar-refractivity contribution in [3.05, 3.63) is 176 Å². The molecule has 0 aliphatic heterocycles. The van der Waals surface area contributed by atoms with Gasteiger partial charge in [0.1, 0.15) is 11.2 Å². The fourth-order valence-corrected chi connectivity index (χ4v) is 5.43. The molecule has 7 aromatic carbocycles. The molecular weight excluding hydrogens is 599 g/mol. The molecular formula is C45H29N3O. The number of hydrogen-bond donors (Lipinski definition) is 0. The van der Waals surface area contributed by atoms with Gasteiger partial charge in [-0.2, -0.15) is 0 Å². The Kier molecular flexibility index (Phi) is 4.21. The van der Waals surface area contributed by atoms with Gasteiger partial charge < -0.3 is 4.42 Å². The van der Waals surface area contributed by atoms with E-state index in [1.807, 2.05) is 60.7 Å². The summed E-state index contributed by atoms with van der Waals surface area (Å²) in [6.07, 6.45) is 0. The van der Waals surface area contributed by atoms with E-state index in [1.165, 1.54) is 0 Å². The minimum Gasteiger partial charge on any atom is -0.456 e.